The summed E-state index contributed by atoms with van der Waals surface area (Å²) in [4.78, 5) is 37.4. The van der Waals surface area contributed by atoms with Crippen molar-refractivity contribution in [2.24, 2.45) is 0 Å². The fourth-order valence-electron chi connectivity index (χ4n) is 3.47. The lowest BCUT2D eigenvalue weighted by Gasteiger charge is -2.25. The number of ketones is 1. The SMILES string of the molecule is CCCCN1C(=O)C(=O)/C(=C(/O)c2ccc(OC)cc2)[C@H]1c1ccc([N+](=O)[O-])cc1. The van der Waals surface area contributed by atoms with Crippen molar-refractivity contribution in [3.8, 4) is 5.75 Å². The second-order valence-corrected chi connectivity index (χ2v) is 6.92. The normalized spacial score (nSPS) is 17.9. The molecule has 1 fully saturated rings. The number of nitro benzene ring substituents is 1. The van der Waals surface area contributed by atoms with E-state index in [9.17, 15) is 24.8 Å². The first-order valence-corrected chi connectivity index (χ1v) is 9.56. The van der Waals surface area contributed by atoms with Gasteiger partial charge in [0.2, 0.25) is 0 Å². The molecule has 1 aliphatic heterocycles. The predicted octanol–water partition coefficient (Wildman–Crippen LogP) is 3.83. The molecule has 1 atom stereocenters. The second-order valence-electron chi connectivity index (χ2n) is 6.92. The van der Waals surface area contributed by atoms with Crippen molar-refractivity contribution in [1.29, 1.82) is 0 Å². The highest BCUT2D eigenvalue weighted by molar-refractivity contribution is 6.46. The minimum Gasteiger partial charge on any atom is -0.507 e. The molecular formula is C22H22N2O6. The van der Waals surface area contributed by atoms with Gasteiger partial charge in [-0.2, -0.15) is 0 Å². The average molecular weight is 410 g/mol. The number of carbonyl (C=O) groups excluding carboxylic acids is 2. The topological polar surface area (TPSA) is 110 Å². The van der Waals surface area contributed by atoms with Crippen LogP contribution < -0.4 is 4.74 Å². The number of hydrogen-bond acceptors (Lipinski definition) is 6. The van der Waals surface area contributed by atoms with Crippen molar-refractivity contribution in [3.05, 3.63) is 75.3 Å². The van der Waals surface area contributed by atoms with E-state index in [2.05, 4.69) is 0 Å². The molecule has 0 saturated carbocycles. The van der Waals surface area contributed by atoms with Crippen LogP contribution in [0.3, 0.4) is 0 Å². The Morgan fingerprint density at radius 2 is 1.77 bits per heavy atom. The van der Waals surface area contributed by atoms with Crippen molar-refractivity contribution in [2.75, 3.05) is 13.7 Å². The number of methoxy groups -OCH3 is 1. The maximum atomic E-state index is 12.8. The summed E-state index contributed by atoms with van der Waals surface area (Å²) in [6, 6.07) is 11.3. The maximum absolute atomic E-state index is 12.8. The Balaban J connectivity index is 2.12. The molecular weight excluding hydrogens is 388 g/mol. The highest BCUT2D eigenvalue weighted by Crippen LogP contribution is 2.40. The van der Waals surface area contributed by atoms with Crippen molar-refractivity contribution in [3.63, 3.8) is 0 Å². The third kappa shape index (κ3) is 3.89. The van der Waals surface area contributed by atoms with Crippen LogP contribution in [0.15, 0.2) is 54.1 Å². The highest BCUT2D eigenvalue weighted by Gasteiger charge is 2.45. The zero-order chi connectivity index (χ0) is 21.8. The van der Waals surface area contributed by atoms with Crippen LogP contribution in [0, 0.1) is 10.1 Å². The predicted molar refractivity (Wildman–Crippen MR) is 110 cm³/mol. The third-order valence-corrected chi connectivity index (χ3v) is 5.08. The monoisotopic (exact) mass is 410 g/mol. The van der Waals surface area contributed by atoms with Crippen molar-refractivity contribution >= 4 is 23.1 Å². The average Bonchev–Trinajstić information content (AvgIpc) is 3.02. The lowest BCUT2D eigenvalue weighted by Crippen LogP contribution is -2.30. The van der Waals surface area contributed by atoms with Gasteiger partial charge in [0.25, 0.3) is 17.4 Å². The summed E-state index contributed by atoms with van der Waals surface area (Å²) in [6.07, 6.45) is 1.49. The third-order valence-electron chi connectivity index (χ3n) is 5.08. The molecule has 0 aliphatic carbocycles. The van der Waals surface area contributed by atoms with E-state index >= 15 is 0 Å². The Kier molecular flexibility index (Phi) is 6.15. The maximum Gasteiger partial charge on any atom is 0.295 e. The van der Waals surface area contributed by atoms with Crippen LogP contribution in [0.25, 0.3) is 5.76 Å². The Labute approximate surface area is 173 Å². The quantitative estimate of drug-likeness (QED) is 0.244. The van der Waals surface area contributed by atoms with Gasteiger partial charge < -0.3 is 14.7 Å². The summed E-state index contributed by atoms with van der Waals surface area (Å²) < 4.78 is 5.11. The molecule has 1 aliphatic rings. The van der Waals surface area contributed by atoms with E-state index in [1.54, 1.807) is 24.3 Å². The number of nitrogens with zero attached hydrogens (tertiary/aromatic N) is 2. The Bertz CT molecular complexity index is 995. The molecule has 3 rings (SSSR count). The first kappa shape index (κ1) is 21.0. The number of nitro groups is 1. The Morgan fingerprint density at radius 1 is 1.13 bits per heavy atom. The minimum atomic E-state index is -0.820. The van der Waals surface area contributed by atoms with E-state index in [4.69, 9.17) is 4.74 Å². The number of unbranched alkanes of at least 4 members (excludes halogenated alkanes) is 1. The zero-order valence-electron chi connectivity index (χ0n) is 16.7. The number of benzene rings is 2. The van der Waals surface area contributed by atoms with Gasteiger partial charge in [-0.1, -0.05) is 13.3 Å². The number of amides is 1. The molecule has 0 spiro atoms. The van der Waals surface area contributed by atoms with Gasteiger partial charge >= 0.3 is 0 Å². The van der Waals surface area contributed by atoms with Gasteiger partial charge in [-0.25, -0.2) is 0 Å². The molecule has 30 heavy (non-hydrogen) atoms. The van der Waals surface area contributed by atoms with Gasteiger partial charge in [0.1, 0.15) is 11.5 Å². The first-order valence-electron chi connectivity index (χ1n) is 9.56. The minimum absolute atomic E-state index is 0.0323. The fraction of sp³-hybridized carbons (Fsp3) is 0.273. The van der Waals surface area contributed by atoms with Crippen molar-refractivity contribution < 1.29 is 24.4 Å². The van der Waals surface area contributed by atoms with E-state index in [0.717, 1.165) is 6.42 Å². The molecule has 2 aromatic carbocycles. The molecule has 2 aromatic rings. The van der Waals surface area contributed by atoms with E-state index in [0.29, 0.717) is 29.8 Å². The number of hydrogen-bond donors (Lipinski definition) is 1. The summed E-state index contributed by atoms with van der Waals surface area (Å²) in [7, 11) is 1.52. The van der Waals surface area contributed by atoms with Gasteiger partial charge in [0.05, 0.1) is 23.6 Å². The molecule has 156 valence electrons. The highest BCUT2D eigenvalue weighted by atomic mass is 16.6. The number of Topliss-reactive ketones (excluding diaryl/α,β-unsaturated/α-hetero) is 1. The second kappa shape index (κ2) is 8.77. The summed E-state index contributed by atoms with van der Waals surface area (Å²) in [5.41, 5.74) is 0.761. The molecule has 1 N–H and O–H groups in total. The van der Waals surface area contributed by atoms with Gasteiger partial charge in [0, 0.05) is 24.2 Å². The molecule has 1 heterocycles. The van der Waals surface area contributed by atoms with Crippen LogP contribution in [0.5, 0.6) is 5.75 Å². The fourth-order valence-corrected chi connectivity index (χ4v) is 3.47. The number of rotatable bonds is 7. The summed E-state index contributed by atoms with van der Waals surface area (Å²) in [5, 5.41) is 21.9. The number of aliphatic hydroxyl groups excluding tert-OH is 1. The first-order chi connectivity index (χ1) is 14.4. The zero-order valence-corrected chi connectivity index (χ0v) is 16.7. The van der Waals surface area contributed by atoms with Crippen LogP contribution in [0.2, 0.25) is 0 Å². The van der Waals surface area contributed by atoms with Crippen LogP contribution in [-0.2, 0) is 9.59 Å². The number of likely N-dealkylation sites (tertiary alicyclic amines) is 1. The molecule has 8 heteroatoms. The molecule has 0 unspecified atom stereocenters. The van der Waals surface area contributed by atoms with Crippen LogP contribution in [0.4, 0.5) is 5.69 Å². The van der Waals surface area contributed by atoms with Gasteiger partial charge in [0.15, 0.2) is 0 Å². The van der Waals surface area contributed by atoms with Crippen molar-refractivity contribution in [1.82, 2.24) is 4.90 Å². The van der Waals surface area contributed by atoms with E-state index in [1.807, 2.05) is 6.92 Å². The summed E-state index contributed by atoms with van der Waals surface area (Å²) in [5.74, 6) is -1.18. The summed E-state index contributed by atoms with van der Waals surface area (Å²) >= 11 is 0. The number of non-ortho nitro benzene ring substituents is 1. The lowest BCUT2D eigenvalue weighted by molar-refractivity contribution is -0.384. The molecule has 1 saturated heterocycles. The smallest absolute Gasteiger partial charge is 0.295 e. The van der Waals surface area contributed by atoms with Gasteiger partial charge in [-0.3, -0.25) is 19.7 Å². The molecule has 0 bridgehead atoms. The summed E-state index contributed by atoms with van der Waals surface area (Å²) in [6.45, 7) is 2.30. The number of aliphatic hydroxyl groups is 1. The van der Waals surface area contributed by atoms with E-state index < -0.39 is 22.7 Å². The van der Waals surface area contributed by atoms with Crippen LogP contribution in [0.1, 0.15) is 36.9 Å². The Hall–Kier alpha value is -3.68. The van der Waals surface area contributed by atoms with Gasteiger partial charge in [-0.05, 0) is 48.4 Å². The molecule has 8 nitrogen and oxygen atoms in total. The number of ether oxygens (including phenoxy) is 1. The van der Waals surface area contributed by atoms with Crippen LogP contribution >= 0.6 is 0 Å². The molecule has 1 amide bonds. The molecule has 0 aromatic heterocycles. The lowest BCUT2D eigenvalue weighted by atomic mass is 9.95. The molecule has 0 radical (unpaired) electrons. The largest absolute Gasteiger partial charge is 0.507 e. The van der Waals surface area contributed by atoms with Crippen LogP contribution in [-0.4, -0.2) is 40.3 Å². The Morgan fingerprint density at radius 3 is 2.30 bits per heavy atom. The number of carbonyl (C=O) groups is 2. The van der Waals surface area contributed by atoms with E-state index in [-0.39, 0.29) is 17.0 Å². The van der Waals surface area contributed by atoms with E-state index in [1.165, 1.54) is 36.3 Å². The van der Waals surface area contributed by atoms with Gasteiger partial charge in [-0.15, -0.1) is 0 Å². The van der Waals surface area contributed by atoms with Crippen molar-refractivity contribution in [2.45, 2.75) is 25.8 Å². The standard InChI is InChI=1S/C22H22N2O6/c1-3-4-13-23-19(14-5-9-16(10-6-14)24(28)29)18(21(26)22(23)27)20(25)15-7-11-17(30-2)12-8-15/h5-12,19,25H,3-4,13H2,1-2H3/b20-18+/t19-/m1/s1.